The minimum atomic E-state index is -1.30. The molecule has 4 rings (SSSR count). The molecule has 0 aromatic heterocycles. The highest BCUT2D eigenvalue weighted by Crippen LogP contribution is 2.34. The van der Waals surface area contributed by atoms with Crippen LogP contribution in [0.4, 0.5) is 0 Å². The second-order valence-corrected chi connectivity index (χ2v) is 6.90. The number of aliphatic hydroxyl groups excluding tert-OH is 2. The van der Waals surface area contributed by atoms with Crippen LogP contribution in [-0.4, -0.2) is 53.3 Å². The summed E-state index contributed by atoms with van der Waals surface area (Å²) in [6.45, 7) is 1.67. The molecule has 0 aliphatic carbocycles. The predicted molar refractivity (Wildman–Crippen MR) is 97.8 cm³/mol. The van der Waals surface area contributed by atoms with Crippen molar-refractivity contribution in [3.05, 3.63) is 65.7 Å². The van der Waals surface area contributed by atoms with E-state index in [2.05, 4.69) is 0 Å². The Hall–Kier alpha value is -2.29. The first kappa shape index (κ1) is 19.0. The number of aliphatic hydroxyl groups is 2. The van der Waals surface area contributed by atoms with Crippen LogP contribution >= 0.6 is 0 Å². The molecule has 0 amide bonds. The minimum absolute atomic E-state index is 0.0526. The van der Waals surface area contributed by atoms with Crippen LogP contribution in [-0.2, 0) is 14.2 Å². The monoisotopic (exact) mass is 386 g/mol. The quantitative estimate of drug-likeness (QED) is 0.774. The molecular formula is C21H22O7. The van der Waals surface area contributed by atoms with E-state index in [1.165, 1.54) is 6.92 Å². The lowest BCUT2D eigenvalue weighted by Crippen LogP contribution is -2.62. The molecule has 2 aromatic rings. The van der Waals surface area contributed by atoms with Crippen molar-refractivity contribution in [1.29, 1.82) is 0 Å². The van der Waals surface area contributed by atoms with Gasteiger partial charge in [-0.1, -0.05) is 30.3 Å². The molecule has 2 N–H and O–H groups in total. The highest BCUT2D eigenvalue weighted by atomic mass is 16.8. The van der Waals surface area contributed by atoms with Crippen molar-refractivity contribution in [2.75, 3.05) is 6.61 Å². The SMILES string of the molecule is CC(=O)c1ccc(O[C@@H]2O[C@@H]3CO[C@@H](c4ccccc4)O[C@H]3[C@H](O)[C@H]2O)cc1. The zero-order valence-corrected chi connectivity index (χ0v) is 15.3. The van der Waals surface area contributed by atoms with Gasteiger partial charge in [-0.2, -0.15) is 0 Å². The van der Waals surface area contributed by atoms with Crippen molar-refractivity contribution in [3.63, 3.8) is 0 Å². The number of fused-ring (bicyclic) bond motifs is 1. The van der Waals surface area contributed by atoms with Crippen molar-refractivity contribution in [3.8, 4) is 5.75 Å². The molecule has 7 heteroatoms. The van der Waals surface area contributed by atoms with Gasteiger partial charge in [-0.3, -0.25) is 4.79 Å². The lowest BCUT2D eigenvalue weighted by atomic mass is 9.98. The Morgan fingerprint density at radius 1 is 1.00 bits per heavy atom. The summed E-state index contributed by atoms with van der Waals surface area (Å²) in [6.07, 6.45) is -5.54. The molecule has 148 valence electrons. The molecule has 2 saturated heterocycles. The Morgan fingerprint density at radius 2 is 1.71 bits per heavy atom. The number of rotatable bonds is 4. The molecule has 2 aromatic carbocycles. The Morgan fingerprint density at radius 3 is 2.39 bits per heavy atom. The third kappa shape index (κ3) is 3.80. The van der Waals surface area contributed by atoms with Crippen molar-refractivity contribution >= 4 is 5.78 Å². The maximum Gasteiger partial charge on any atom is 0.229 e. The van der Waals surface area contributed by atoms with E-state index in [1.54, 1.807) is 24.3 Å². The third-order valence-electron chi connectivity index (χ3n) is 4.92. The molecular weight excluding hydrogens is 364 g/mol. The number of ketones is 1. The predicted octanol–water partition coefficient (Wildman–Crippen LogP) is 1.83. The van der Waals surface area contributed by atoms with Crippen LogP contribution in [0.2, 0.25) is 0 Å². The highest BCUT2D eigenvalue weighted by Gasteiger charge is 2.49. The largest absolute Gasteiger partial charge is 0.462 e. The van der Waals surface area contributed by atoms with Gasteiger partial charge in [-0.25, -0.2) is 0 Å². The van der Waals surface area contributed by atoms with E-state index in [1.807, 2.05) is 30.3 Å². The van der Waals surface area contributed by atoms with Crippen LogP contribution in [0, 0.1) is 0 Å². The summed E-state index contributed by atoms with van der Waals surface area (Å²) in [6, 6.07) is 15.9. The first-order valence-corrected chi connectivity index (χ1v) is 9.14. The van der Waals surface area contributed by atoms with Crippen LogP contribution in [0.5, 0.6) is 5.75 Å². The smallest absolute Gasteiger partial charge is 0.229 e. The second kappa shape index (κ2) is 7.98. The number of ether oxygens (including phenoxy) is 4. The second-order valence-electron chi connectivity index (χ2n) is 6.90. The van der Waals surface area contributed by atoms with E-state index in [9.17, 15) is 15.0 Å². The summed E-state index contributed by atoms with van der Waals surface area (Å²) in [4.78, 5) is 11.4. The van der Waals surface area contributed by atoms with Gasteiger partial charge < -0.3 is 29.2 Å². The summed E-state index contributed by atoms with van der Waals surface area (Å²) in [5.41, 5.74) is 1.38. The van der Waals surface area contributed by atoms with E-state index >= 15 is 0 Å². The van der Waals surface area contributed by atoms with Crippen molar-refractivity contribution < 1.29 is 34.0 Å². The number of hydrogen-bond acceptors (Lipinski definition) is 7. The molecule has 28 heavy (non-hydrogen) atoms. The minimum Gasteiger partial charge on any atom is -0.462 e. The number of carbonyl (C=O) groups is 1. The van der Waals surface area contributed by atoms with E-state index in [-0.39, 0.29) is 12.4 Å². The lowest BCUT2D eigenvalue weighted by Gasteiger charge is -2.46. The molecule has 0 saturated carbocycles. The molecule has 0 radical (unpaired) electrons. The first-order valence-electron chi connectivity index (χ1n) is 9.14. The number of benzene rings is 2. The maximum absolute atomic E-state index is 11.4. The van der Waals surface area contributed by atoms with Crippen LogP contribution in [0.15, 0.2) is 54.6 Å². The van der Waals surface area contributed by atoms with Crippen LogP contribution in [0.25, 0.3) is 0 Å². The van der Waals surface area contributed by atoms with Gasteiger partial charge >= 0.3 is 0 Å². The highest BCUT2D eigenvalue weighted by molar-refractivity contribution is 5.94. The van der Waals surface area contributed by atoms with E-state index in [0.29, 0.717) is 11.3 Å². The number of carbonyl (C=O) groups excluding carboxylic acids is 1. The van der Waals surface area contributed by atoms with Gasteiger partial charge in [0.2, 0.25) is 6.29 Å². The number of Topliss-reactive ketones (excluding diaryl/α,β-unsaturated/α-hetero) is 1. The van der Waals surface area contributed by atoms with Gasteiger partial charge in [0.1, 0.15) is 30.2 Å². The molecule has 2 heterocycles. The molecule has 7 nitrogen and oxygen atoms in total. The third-order valence-corrected chi connectivity index (χ3v) is 4.92. The van der Waals surface area contributed by atoms with Crippen LogP contribution < -0.4 is 4.74 Å². The molecule has 0 unspecified atom stereocenters. The van der Waals surface area contributed by atoms with Crippen molar-refractivity contribution in [2.45, 2.75) is 43.9 Å². The normalized spacial score (nSPS) is 32.4. The van der Waals surface area contributed by atoms with Gasteiger partial charge in [0.05, 0.1) is 6.61 Å². The summed E-state index contributed by atoms with van der Waals surface area (Å²) >= 11 is 0. The summed E-state index contributed by atoms with van der Waals surface area (Å²) < 4.78 is 23.0. The van der Waals surface area contributed by atoms with E-state index < -0.39 is 37.0 Å². The number of hydrogen-bond donors (Lipinski definition) is 2. The van der Waals surface area contributed by atoms with Crippen molar-refractivity contribution in [2.24, 2.45) is 0 Å². The standard InChI is InChI=1S/C21H22O7/c1-12(22)13-7-9-15(10-8-13)26-21-18(24)17(23)19-16(27-21)11-25-20(28-19)14-5-3-2-4-6-14/h2-10,16-21,23-24H,11H2,1H3/t16-,17-,18-,19-,20-,21-/m1/s1. The fourth-order valence-corrected chi connectivity index (χ4v) is 3.36. The summed E-state index contributed by atoms with van der Waals surface area (Å²) in [7, 11) is 0. The fraction of sp³-hybridized carbons (Fsp3) is 0.381. The van der Waals surface area contributed by atoms with Gasteiger partial charge in [0.15, 0.2) is 12.1 Å². The Labute approximate surface area is 162 Å². The van der Waals surface area contributed by atoms with Gasteiger partial charge in [-0.05, 0) is 31.2 Å². The first-order chi connectivity index (χ1) is 13.5. The zero-order chi connectivity index (χ0) is 19.7. The Balaban J connectivity index is 1.43. The van der Waals surface area contributed by atoms with Gasteiger partial charge in [0.25, 0.3) is 0 Å². The molecule has 2 fully saturated rings. The van der Waals surface area contributed by atoms with E-state index in [0.717, 1.165) is 5.56 Å². The lowest BCUT2D eigenvalue weighted by molar-refractivity contribution is -0.350. The Kier molecular flexibility index (Phi) is 5.43. The topological polar surface area (TPSA) is 94.5 Å². The zero-order valence-electron chi connectivity index (χ0n) is 15.3. The van der Waals surface area contributed by atoms with Crippen LogP contribution in [0.3, 0.4) is 0 Å². The van der Waals surface area contributed by atoms with Gasteiger partial charge in [0, 0.05) is 11.1 Å². The average molecular weight is 386 g/mol. The van der Waals surface area contributed by atoms with Crippen LogP contribution in [0.1, 0.15) is 29.1 Å². The summed E-state index contributed by atoms with van der Waals surface area (Å²) in [5, 5.41) is 21.0. The Bertz CT molecular complexity index is 805. The fourth-order valence-electron chi connectivity index (χ4n) is 3.36. The average Bonchev–Trinajstić information content (AvgIpc) is 2.72. The van der Waals surface area contributed by atoms with Crippen molar-refractivity contribution in [1.82, 2.24) is 0 Å². The molecule has 0 spiro atoms. The maximum atomic E-state index is 11.4. The molecule has 0 bridgehead atoms. The van der Waals surface area contributed by atoms with E-state index in [4.69, 9.17) is 18.9 Å². The molecule has 6 atom stereocenters. The molecule has 2 aliphatic heterocycles. The summed E-state index contributed by atoms with van der Waals surface area (Å²) in [5.74, 6) is 0.364. The molecule has 2 aliphatic rings. The van der Waals surface area contributed by atoms with Gasteiger partial charge in [-0.15, -0.1) is 0 Å².